The number of nitrogens with one attached hydrogen (secondary N) is 1. The lowest BCUT2D eigenvalue weighted by atomic mass is 10.2. The molecule has 14 heavy (non-hydrogen) atoms. The van der Waals surface area contributed by atoms with E-state index in [9.17, 15) is 0 Å². The van der Waals surface area contributed by atoms with E-state index in [1.165, 1.54) is 0 Å². The molecular formula is C11H12N2S. The van der Waals surface area contributed by atoms with E-state index in [0.717, 1.165) is 5.56 Å². The molecule has 1 rings (SSSR count). The van der Waals surface area contributed by atoms with Gasteiger partial charge in [0.05, 0.1) is 0 Å². The van der Waals surface area contributed by atoms with Crippen molar-refractivity contribution in [2.24, 2.45) is 0 Å². The van der Waals surface area contributed by atoms with Crippen molar-refractivity contribution in [3.8, 4) is 0 Å². The van der Waals surface area contributed by atoms with Crippen LogP contribution in [0, 0.1) is 5.41 Å². The summed E-state index contributed by atoms with van der Waals surface area (Å²) in [4.78, 5) is 1.62. The largest absolute Gasteiger partial charge is 0.318 e. The van der Waals surface area contributed by atoms with E-state index in [0.29, 0.717) is 10.9 Å². The maximum absolute atomic E-state index is 7.86. The summed E-state index contributed by atoms with van der Waals surface area (Å²) < 4.78 is 0. The quantitative estimate of drug-likeness (QED) is 0.329. The number of rotatable bonds is 2. The molecule has 0 heterocycles. The Morgan fingerprint density at radius 3 is 2.50 bits per heavy atom. The summed E-state index contributed by atoms with van der Waals surface area (Å²) in [6.07, 6.45) is 0. The lowest BCUT2D eigenvalue weighted by Gasteiger charge is -2.18. The summed E-state index contributed by atoms with van der Waals surface area (Å²) in [6.45, 7) is 3.48. The van der Waals surface area contributed by atoms with Crippen LogP contribution in [0.25, 0.3) is 0 Å². The molecular weight excluding hydrogens is 192 g/mol. The molecule has 0 spiro atoms. The lowest BCUT2D eigenvalue weighted by molar-refractivity contribution is 0.671. The van der Waals surface area contributed by atoms with Crippen molar-refractivity contribution in [2.45, 2.75) is 0 Å². The Morgan fingerprint density at radius 2 is 2.00 bits per heavy atom. The van der Waals surface area contributed by atoms with Crippen molar-refractivity contribution in [1.82, 2.24) is 4.90 Å². The Kier molecular flexibility index (Phi) is 3.57. The van der Waals surface area contributed by atoms with Gasteiger partial charge in [-0.05, 0) is 0 Å². The molecule has 0 radical (unpaired) electrons. The second-order valence-electron chi connectivity index (χ2n) is 2.77. The van der Waals surface area contributed by atoms with Gasteiger partial charge in [0, 0.05) is 12.6 Å². The third-order valence-electron chi connectivity index (χ3n) is 1.86. The Bertz CT molecular complexity index is 378. The molecule has 0 saturated carbocycles. The van der Waals surface area contributed by atoms with Gasteiger partial charge in [-0.25, -0.2) is 0 Å². The minimum atomic E-state index is 0.381. The van der Waals surface area contributed by atoms with Crippen LogP contribution in [-0.4, -0.2) is 17.8 Å². The molecule has 0 unspecified atom stereocenters. The summed E-state index contributed by atoms with van der Waals surface area (Å²) in [6, 6.07) is 9.47. The van der Waals surface area contributed by atoms with Crippen LogP contribution < -0.4 is 0 Å². The predicted molar refractivity (Wildman–Crippen MR) is 62.7 cm³/mol. The summed E-state index contributed by atoms with van der Waals surface area (Å²) in [5.41, 5.74) is 3.48. The molecule has 1 aromatic carbocycles. The van der Waals surface area contributed by atoms with Crippen LogP contribution in [0.5, 0.6) is 0 Å². The maximum atomic E-state index is 7.86. The first kappa shape index (κ1) is 10.6. The van der Waals surface area contributed by atoms with Gasteiger partial charge in [-0.3, -0.25) is 5.41 Å². The SMILES string of the molecule is C=C=C(S)N(C)C(=N)c1ccccc1. The van der Waals surface area contributed by atoms with Gasteiger partial charge in [0.1, 0.15) is 10.9 Å². The summed E-state index contributed by atoms with van der Waals surface area (Å²) >= 11 is 4.14. The van der Waals surface area contributed by atoms with Crippen LogP contribution in [0.4, 0.5) is 0 Å². The topological polar surface area (TPSA) is 27.1 Å². The normalized spacial score (nSPS) is 9.00. The average molecular weight is 204 g/mol. The number of hydrogen-bond donors (Lipinski definition) is 2. The van der Waals surface area contributed by atoms with Crippen molar-refractivity contribution in [2.75, 3.05) is 7.05 Å². The van der Waals surface area contributed by atoms with E-state index in [1.807, 2.05) is 30.3 Å². The monoisotopic (exact) mass is 204 g/mol. The number of thiol groups is 1. The number of hydrogen-bond acceptors (Lipinski definition) is 2. The van der Waals surface area contributed by atoms with Crippen LogP contribution in [-0.2, 0) is 0 Å². The van der Waals surface area contributed by atoms with Crippen molar-refractivity contribution in [1.29, 1.82) is 5.41 Å². The van der Waals surface area contributed by atoms with E-state index in [1.54, 1.807) is 11.9 Å². The fourth-order valence-electron chi connectivity index (χ4n) is 1.01. The highest BCUT2D eigenvalue weighted by Crippen LogP contribution is 2.10. The van der Waals surface area contributed by atoms with Gasteiger partial charge in [0.15, 0.2) is 0 Å². The van der Waals surface area contributed by atoms with Crippen molar-refractivity contribution < 1.29 is 0 Å². The van der Waals surface area contributed by atoms with Gasteiger partial charge in [0.25, 0.3) is 0 Å². The highest BCUT2D eigenvalue weighted by Gasteiger charge is 2.07. The number of nitrogens with zero attached hydrogens (tertiary/aromatic N) is 1. The summed E-state index contributed by atoms with van der Waals surface area (Å²) in [5, 5.41) is 8.40. The summed E-state index contributed by atoms with van der Waals surface area (Å²) in [5.74, 6) is 0.381. The minimum Gasteiger partial charge on any atom is -0.318 e. The smallest absolute Gasteiger partial charge is 0.133 e. The molecule has 1 N–H and O–H groups in total. The van der Waals surface area contributed by atoms with Crippen molar-refractivity contribution in [3.05, 3.63) is 53.2 Å². The first-order valence-corrected chi connectivity index (χ1v) is 4.58. The molecule has 72 valence electrons. The summed E-state index contributed by atoms with van der Waals surface area (Å²) in [7, 11) is 1.76. The van der Waals surface area contributed by atoms with E-state index < -0.39 is 0 Å². The Balaban J connectivity index is 2.92. The van der Waals surface area contributed by atoms with E-state index >= 15 is 0 Å². The first-order chi connectivity index (χ1) is 6.66. The standard InChI is InChI=1S/C11H12N2S/c1-3-10(14)13(2)11(12)9-7-5-4-6-8-9/h4-8,12,14H,1H2,2H3. The van der Waals surface area contributed by atoms with Gasteiger partial charge < -0.3 is 4.90 Å². The molecule has 2 nitrogen and oxygen atoms in total. The molecule has 0 amide bonds. The van der Waals surface area contributed by atoms with Gasteiger partial charge in [0.2, 0.25) is 0 Å². The maximum Gasteiger partial charge on any atom is 0.133 e. The molecule has 0 saturated heterocycles. The molecule has 0 aliphatic rings. The molecule has 0 bridgehead atoms. The highest BCUT2D eigenvalue weighted by molar-refractivity contribution is 7.84. The number of benzene rings is 1. The molecule has 0 fully saturated rings. The third kappa shape index (κ3) is 2.28. The first-order valence-electron chi connectivity index (χ1n) is 4.13. The Morgan fingerprint density at radius 1 is 1.43 bits per heavy atom. The van der Waals surface area contributed by atoms with Crippen molar-refractivity contribution >= 4 is 18.5 Å². The predicted octanol–water partition coefficient (Wildman–Crippen LogP) is 2.50. The minimum absolute atomic E-state index is 0.381. The van der Waals surface area contributed by atoms with E-state index in [-0.39, 0.29) is 0 Å². The second kappa shape index (κ2) is 4.70. The second-order valence-corrected chi connectivity index (χ2v) is 3.20. The highest BCUT2D eigenvalue weighted by atomic mass is 32.1. The molecule has 0 atom stereocenters. The zero-order chi connectivity index (χ0) is 10.6. The van der Waals surface area contributed by atoms with Crippen molar-refractivity contribution in [3.63, 3.8) is 0 Å². The van der Waals surface area contributed by atoms with E-state index in [2.05, 4.69) is 24.9 Å². The molecule has 3 heteroatoms. The fourth-order valence-corrected chi connectivity index (χ4v) is 1.11. The molecule has 0 aliphatic carbocycles. The Hall–Kier alpha value is -1.44. The third-order valence-corrected chi connectivity index (χ3v) is 2.32. The van der Waals surface area contributed by atoms with Gasteiger partial charge in [-0.15, -0.1) is 12.6 Å². The van der Waals surface area contributed by atoms with Gasteiger partial charge >= 0.3 is 0 Å². The zero-order valence-electron chi connectivity index (χ0n) is 7.99. The zero-order valence-corrected chi connectivity index (χ0v) is 8.88. The van der Waals surface area contributed by atoms with Crippen LogP contribution in [0.15, 0.2) is 47.7 Å². The molecule has 0 aromatic heterocycles. The van der Waals surface area contributed by atoms with Crippen LogP contribution in [0.1, 0.15) is 5.56 Å². The average Bonchev–Trinajstić information content (AvgIpc) is 2.27. The molecule has 1 aromatic rings. The van der Waals surface area contributed by atoms with Crippen LogP contribution in [0.3, 0.4) is 0 Å². The lowest BCUT2D eigenvalue weighted by Crippen LogP contribution is -2.23. The number of amidine groups is 1. The molecule has 0 aliphatic heterocycles. The fraction of sp³-hybridized carbons (Fsp3) is 0.0909. The van der Waals surface area contributed by atoms with E-state index in [4.69, 9.17) is 5.41 Å². The van der Waals surface area contributed by atoms with Crippen LogP contribution >= 0.6 is 12.6 Å². The van der Waals surface area contributed by atoms with Crippen LogP contribution in [0.2, 0.25) is 0 Å². The van der Waals surface area contributed by atoms with Gasteiger partial charge in [-0.2, -0.15) is 0 Å². The Labute approximate surface area is 89.5 Å². The van der Waals surface area contributed by atoms with Gasteiger partial charge in [-0.1, -0.05) is 42.6 Å².